The second kappa shape index (κ2) is 5.68. The zero-order chi connectivity index (χ0) is 13.8. The highest BCUT2D eigenvalue weighted by atomic mass is 32.2. The van der Waals surface area contributed by atoms with Crippen LogP contribution in [0.2, 0.25) is 0 Å². The summed E-state index contributed by atoms with van der Waals surface area (Å²) >= 11 is 0. The minimum Gasteiger partial charge on any atom is -0.508 e. The van der Waals surface area contributed by atoms with Gasteiger partial charge in [0.15, 0.2) is 9.84 Å². The van der Waals surface area contributed by atoms with E-state index in [4.69, 9.17) is 0 Å². The maximum Gasteiger partial charge on any atom is 0.239 e. The van der Waals surface area contributed by atoms with Gasteiger partial charge in [-0.3, -0.25) is 4.79 Å². The fourth-order valence-corrected chi connectivity index (χ4v) is 2.36. The molecule has 1 aromatic carbocycles. The molecule has 0 heterocycles. The summed E-state index contributed by atoms with van der Waals surface area (Å²) < 4.78 is 22.8. The molecule has 0 aliphatic heterocycles. The molecule has 0 spiro atoms. The van der Waals surface area contributed by atoms with E-state index in [0.29, 0.717) is 11.3 Å². The third-order valence-electron chi connectivity index (χ3n) is 2.21. The van der Waals surface area contributed by atoms with Crippen LogP contribution in [0.1, 0.15) is 5.56 Å². The summed E-state index contributed by atoms with van der Waals surface area (Å²) in [5.74, 6) is -1.33. The summed E-state index contributed by atoms with van der Waals surface area (Å²) in [6.07, 6.45) is 1.24. The van der Waals surface area contributed by atoms with E-state index in [0.717, 1.165) is 0 Å². The van der Waals surface area contributed by atoms with Crippen molar-refractivity contribution >= 4 is 21.4 Å². The Kier molecular flexibility index (Phi) is 4.49. The van der Waals surface area contributed by atoms with Gasteiger partial charge >= 0.3 is 0 Å². The van der Waals surface area contributed by atoms with E-state index in [1.165, 1.54) is 24.3 Å². The molecule has 0 unspecified atom stereocenters. The third kappa shape index (κ3) is 4.21. The van der Waals surface area contributed by atoms with E-state index >= 15 is 0 Å². The molecular weight excluding hydrogens is 254 g/mol. The number of rotatable bonds is 5. The lowest BCUT2D eigenvalue weighted by atomic mass is 10.2. The SMILES string of the molecule is C=CCS(=O)(=O)CC(=O)Nc1ccc(O)cc1C. The van der Waals surface area contributed by atoms with Crippen LogP contribution in [0.3, 0.4) is 0 Å². The van der Waals surface area contributed by atoms with Crippen LogP contribution in [0, 0.1) is 6.92 Å². The van der Waals surface area contributed by atoms with Crippen molar-refractivity contribution in [3.05, 3.63) is 36.4 Å². The Morgan fingerprint density at radius 1 is 1.50 bits per heavy atom. The van der Waals surface area contributed by atoms with Crippen molar-refractivity contribution in [3.63, 3.8) is 0 Å². The maximum absolute atomic E-state index is 11.6. The molecular formula is C12H15NO4S. The average Bonchev–Trinajstić information content (AvgIpc) is 2.21. The monoisotopic (exact) mass is 269 g/mol. The molecule has 0 radical (unpaired) electrons. The van der Waals surface area contributed by atoms with Crippen LogP contribution in [0.5, 0.6) is 5.75 Å². The first kappa shape index (κ1) is 14.2. The van der Waals surface area contributed by atoms with E-state index in [2.05, 4.69) is 11.9 Å². The fourth-order valence-electron chi connectivity index (χ4n) is 1.41. The van der Waals surface area contributed by atoms with Gasteiger partial charge in [0, 0.05) is 5.69 Å². The predicted octanol–water partition coefficient (Wildman–Crippen LogP) is 1.24. The van der Waals surface area contributed by atoms with Crippen LogP contribution >= 0.6 is 0 Å². The molecule has 98 valence electrons. The Morgan fingerprint density at radius 2 is 2.17 bits per heavy atom. The number of carbonyl (C=O) groups excluding carboxylic acids is 1. The Bertz CT molecular complexity index is 563. The Balaban J connectivity index is 2.74. The molecule has 0 aliphatic carbocycles. The number of aromatic hydroxyl groups is 1. The number of aryl methyl sites for hydroxylation is 1. The molecule has 18 heavy (non-hydrogen) atoms. The lowest BCUT2D eigenvalue weighted by Gasteiger charge is -2.08. The van der Waals surface area contributed by atoms with Crippen molar-refractivity contribution in [1.82, 2.24) is 0 Å². The maximum atomic E-state index is 11.6. The predicted molar refractivity (Wildman–Crippen MR) is 70.3 cm³/mol. The molecule has 0 saturated heterocycles. The van der Waals surface area contributed by atoms with E-state index in [9.17, 15) is 18.3 Å². The van der Waals surface area contributed by atoms with Gasteiger partial charge < -0.3 is 10.4 Å². The third-order valence-corrected chi connectivity index (χ3v) is 3.65. The first-order valence-electron chi connectivity index (χ1n) is 5.25. The smallest absolute Gasteiger partial charge is 0.239 e. The van der Waals surface area contributed by atoms with Gasteiger partial charge in [-0.25, -0.2) is 8.42 Å². The topological polar surface area (TPSA) is 83.5 Å². The van der Waals surface area contributed by atoms with Crippen LogP contribution in [0.15, 0.2) is 30.9 Å². The lowest BCUT2D eigenvalue weighted by Crippen LogP contribution is -2.24. The van der Waals surface area contributed by atoms with Gasteiger partial charge in [-0.1, -0.05) is 6.08 Å². The molecule has 0 saturated carbocycles. The summed E-state index contributed by atoms with van der Waals surface area (Å²) in [7, 11) is -3.45. The quantitative estimate of drug-likeness (QED) is 0.622. The van der Waals surface area contributed by atoms with Crippen molar-refractivity contribution in [2.75, 3.05) is 16.8 Å². The molecule has 0 aliphatic rings. The number of sulfone groups is 1. The molecule has 5 nitrogen and oxygen atoms in total. The molecule has 0 atom stereocenters. The number of phenols is 1. The highest BCUT2D eigenvalue weighted by Crippen LogP contribution is 2.19. The standard InChI is InChI=1S/C12H15NO4S/c1-3-6-18(16,17)8-12(15)13-11-5-4-10(14)7-9(11)2/h3-5,7,14H,1,6,8H2,2H3,(H,13,15). The van der Waals surface area contributed by atoms with E-state index in [1.807, 2.05) is 0 Å². The second-order valence-corrected chi connectivity index (χ2v) is 6.00. The Labute approximate surface area is 106 Å². The van der Waals surface area contributed by atoms with E-state index in [1.54, 1.807) is 6.92 Å². The van der Waals surface area contributed by atoms with Crippen LogP contribution < -0.4 is 5.32 Å². The van der Waals surface area contributed by atoms with E-state index < -0.39 is 21.5 Å². The summed E-state index contributed by atoms with van der Waals surface area (Å²) in [4.78, 5) is 11.6. The van der Waals surface area contributed by atoms with Crippen LogP contribution in [0.4, 0.5) is 5.69 Å². The highest BCUT2D eigenvalue weighted by molar-refractivity contribution is 7.92. The fraction of sp³-hybridized carbons (Fsp3) is 0.250. The number of hydrogen-bond acceptors (Lipinski definition) is 4. The molecule has 1 amide bonds. The minimum absolute atomic E-state index is 0.0878. The molecule has 1 aromatic rings. The van der Waals surface area contributed by atoms with Gasteiger partial charge in [-0.05, 0) is 30.7 Å². The van der Waals surface area contributed by atoms with Gasteiger partial charge in [0.05, 0.1) is 5.75 Å². The second-order valence-electron chi connectivity index (χ2n) is 3.89. The molecule has 1 rings (SSSR count). The molecule has 0 fully saturated rings. The van der Waals surface area contributed by atoms with Crippen molar-refractivity contribution < 1.29 is 18.3 Å². The summed E-state index contributed by atoms with van der Waals surface area (Å²) in [5.41, 5.74) is 1.14. The molecule has 6 heteroatoms. The van der Waals surface area contributed by atoms with Gasteiger partial charge in [0.2, 0.25) is 5.91 Å². The normalized spacial score (nSPS) is 10.9. The molecule has 0 bridgehead atoms. The van der Waals surface area contributed by atoms with Gasteiger partial charge in [-0.15, -0.1) is 6.58 Å². The van der Waals surface area contributed by atoms with Crippen molar-refractivity contribution in [3.8, 4) is 5.75 Å². The van der Waals surface area contributed by atoms with Gasteiger partial charge in [0.1, 0.15) is 11.5 Å². The summed E-state index contributed by atoms with van der Waals surface area (Å²) in [6.45, 7) is 5.02. The zero-order valence-electron chi connectivity index (χ0n) is 10.0. The highest BCUT2D eigenvalue weighted by Gasteiger charge is 2.15. The van der Waals surface area contributed by atoms with Crippen molar-refractivity contribution in [2.24, 2.45) is 0 Å². The van der Waals surface area contributed by atoms with Crippen LogP contribution in [-0.2, 0) is 14.6 Å². The first-order chi connectivity index (χ1) is 8.34. The lowest BCUT2D eigenvalue weighted by molar-refractivity contribution is -0.113. The Hall–Kier alpha value is -1.82. The van der Waals surface area contributed by atoms with E-state index in [-0.39, 0.29) is 11.5 Å². The number of amides is 1. The molecule has 0 aromatic heterocycles. The largest absolute Gasteiger partial charge is 0.508 e. The van der Waals surface area contributed by atoms with Gasteiger partial charge in [0.25, 0.3) is 0 Å². The number of phenolic OH excluding ortho intramolecular Hbond substituents is 1. The van der Waals surface area contributed by atoms with Gasteiger partial charge in [-0.2, -0.15) is 0 Å². The van der Waals surface area contributed by atoms with Crippen LogP contribution in [-0.4, -0.2) is 30.9 Å². The molecule has 2 N–H and O–H groups in total. The van der Waals surface area contributed by atoms with Crippen molar-refractivity contribution in [2.45, 2.75) is 6.92 Å². The zero-order valence-corrected chi connectivity index (χ0v) is 10.8. The van der Waals surface area contributed by atoms with Crippen molar-refractivity contribution in [1.29, 1.82) is 0 Å². The summed E-state index contributed by atoms with van der Waals surface area (Å²) in [5, 5.41) is 11.7. The number of anilines is 1. The average molecular weight is 269 g/mol. The minimum atomic E-state index is -3.45. The number of hydrogen-bond donors (Lipinski definition) is 2. The number of carbonyl (C=O) groups is 1. The Morgan fingerprint density at radius 3 is 2.72 bits per heavy atom. The number of benzene rings is 1. The van der Waals surface area contributed by atoms with Crippen LogP contribution in [0.25, 0.3) is 0 Å². The number of nitrogens with one attached hydrogen (secondary N) is 1. The summed E-state index contributed by atoms with van der Waals surface area (Å²) in [6, 6.07) is 4.41. The first-order valence-corrected chi connectivity index (χ1v) is 7.07.